The van der Waals surface area contributed by atoms with E-state index in [9.17, 15) is 26.4 Å². The number of hydrogen-bond acceptors (Lipinski definition) is 6. The number of piperidine rings is 2. The van der Waals surface area contributed by atoms with Crippen LogP contribution >= 0.6 is 27.5 Å². The zero-order valence-electron chi connectivity index (χ0n) is 18.9. The molecule has 1 amide bonds. The molecule has 0 aromatic heterocycles. The number of carboxylic acid groups (broad SMARTS) is 1. The molecule has 2 aliphatic heterocycles. The summed E-state index contributed by atoms with van der Waals surface area (Å²) in [5.41, 5.74) is 0.632. The van der Waals surface area contributed by atoms with E-state index < -0.39 is 31.9 Å². The van der Waals surface area contributed by atoms with Crippen molar-refractivity contribution < 1.29 is 31.5 Å². The van der Waals surface area contributed by atoms with Crippen molar-refractivity contribution in [1.29, 1.82) is 0 Å². The second-order valence-corrected chi connectivity index (χ2v) is 13.6. The Hall–Kier alpha value is -1.25. The molecule has 2 fully saturated rings. The van der Waals surface area contributed by atoms with Crippen molar-refractivity contribution in [2.45, 2.75) is 25.7 Å². The number of rotatable bonds is 5. The fourth-order valence-electron chi connectivity index (χ4n) is 3.72. The molecule has 14 heteroatoms. The quantitative estimate of drug-likeness (QED) is 0.527. The van der Waals surface area contributed by atoms with E-state index in [1.807, 2.05) is 0 Å². The minimum atomic E-state index is -3.25. The van der Waals surface area contributed by atoms with Crippen molar-refractivity contribution >= 4 is 65.1 Å². The number of benzene rings is 1. The second kappa shape index (κ2) is 12.1. The topological polar surface area (TPSA) is 141 Å². The molecule has 0 aliphatic carbocycles. The predicted octanol–water partition coefficient (Wildman–Crippen LogP) is 2.46. The van der Waals surface area contributed by atoms with Crippen LogP contribution in [0.2, 0.25) is 5.02 Å². The molecule has 34 heavy (non-hydrogen) atoms. The van der Waals surface area contributed by atoms with Gasteiger partial charge < -0.3 is 10.4 Å². The monoisotopic (exact) mass is 601 g/mol. The first-order chi connectivity index (χ1) is 15.7. The Morgan fingerprint density at radius 3 is 1.97 bits per heavy atom. The molecule has 0 bridgehead atoms. The maximum atomic E-state index is 12.3. The summed E-state index contributed by atoms with van der Waals surface area (Å²) in [4.78, 5) is 22.9. The van der Waals surface area contributed by atoms with Gasteiger partial charge in [-0.1, -0.05) is 11.6 Å². The molecule has 0 unspecified atom stereocenters. The Balaban J connectivity index is 0.000000270. The SMILES string of the molecule is CS(=O)(=O)N1CCC[C@H](C(=O)Nc2ccc(Cl)c(Br)c2)C1.CS(=O)(=O)N1CCC[C@H](C(=O)O)C1. The first-order valence-corrected chi connectivity index (χ1v) is 15.4. The van der Waals surface area contributed by atoms with Crippen molar-refractivity contribution in [3.8, 4) is 0 Å². The number of nitrogens with zero attached hydrogens (tertiary/aromatic N) is 2. The molecule has 0 radical (unpaired) electrons. The Kier molecular flexibility index (Phi) is 10.3. The zero-order valence-corrected chi connectivity index (χ0v) is 22.9. The first kappa shape index (κ1) is 29.0. The molecule has 2 saturated heterocycles. The first-order valence-electron chi connectivity index (χ1n) is 10.6. The van der Waals surface area contributed by atoms with Crippen molar-refractivity contribution in [3.05, 3.63) is 27.7 Å². The van der Waals surface area contributed by atoms with Crippen molar-refractivity contribution in [3.63, 3.8) is 0 Å². The highest BCUT2D eigenvalue weighted by atomic mass is 79.9. The molecule has 2 aliphatic rings. The average Bonchev–Trinajstić information content (AvgIpc) is 2.76. The molecule has 0 saturated carbocycles. The third-order valence-electron chi connectivity index (χ3n) is 5.61. The number of nitrogens with one attached hydrogen (secondary N) is 1. The number of amides is 1. The van der Waals surface area contributed by atoms with Crippen LogP contribution < -0.4 is 5.32 Å². The van der Waals surface area contributed by atoms with Gasteiger partial charge in [0.1, 0.15) is 0 Å². The summed E-state index contributed by atoms with van der Waals surface area (Å²) in [5, 5.41) is 12.1. The number of anilines is 1. The van der Waals surface area contributed by atoms with Gasteiger partial charge in [-0.05, 0) is 59.8 Å². The molecular formula is C20H29BrClN3O7S2. The summed E-state index contributed by atoms with van der Waals surface area (Å²) in [6.45, 7) is 1.28. The van der Waals surface area contributed by atoms with Gasteiger partial charge in [0.05, 0.1) is 29.4 Å². The Morgan fingerprint density at radius 2 is 1.50 bits per heavy atom. The van der Waals surface area contributed by atoms with Crippen LogP contribution in [0.1, 0.15) is 25.7 Å². The fraction of sp³-hybridized carbons (Fsp3) is 0.600. The number of halogens is 2. The number of carbonyl (C=O) groups is 2. The largest absolute Gasteiger partial charge is 0.481 e. The average molecular weight is 603 g/mol. The second-order valence-electron chi connectivity index (χ2n) is 8.38. The zero-order chi connectivity index (χ0) is 25.7. The Labute approximate surface area is 213 Å². The minimum absolute atomic E-state index is 0.119. The summed E-state index contributed by atoms with van der Waals surface area (Å²) in [6, 6.07) is 5.12. The van der Waals surface area contributed by atoms with Crippen LogP contribution in [0.4, 0.5) is 5.69 Å². The molecule has 2 N–H and O–H groups in total. The lowest BCUT2D eigenvalue weighted by atomic mass is 9.99. The van der Waals surface area contributed by atoms with Gasteiger partial charge in [-0.2, -0.15) is 0 Å². The van der Waals surface area contributed by atoms with E-state index in [4.69, 9.17) is 16.7 Å². The molecule has 10 nitrogen and oxygen atoms in total. The molecule has 192 valence electrons. The third kappa shape index (κ3) is 8.76. The standard InChI is InChI=1S/C13H16BrClN2O3S.C7H13NO4S/c1-21(19,20)17-6-2-3-9(8-17)13(18)16-10-4-5-12(15)11(14)7-10;1-13(11,12)8-4-2-3-6(5-8)7(9)10/h4-5,7,9H,2-3,6,8H2,1H3,(H,16,18);6H,2-5H2,1H3,(H,9,10)/t9-;6-/m00/s1. The van der Waals surface area contributed by atoms with Crippen LogP contribution in [0.5, 0.6) is 0 Å². The van der Waals surface area contributed by atoms with Gasteiger partial charge in [0.25, 0.3) is 0 Å². The molecule has 3 rings (SSSR count). The number of carbonyl (C=O) groups excluding carboxylic acids is 1. The van der Waals surface area contributed by atoms with Gasteiger partial charge in [-0.15, -0.1) is 0 Å². The van der Waals surface area contributed by atoms with E-state index >= 15 is 0 Å². The summed E-state index contributed by atoms with van der Waals surface area (Å²) in [5.74, 6) is -1.95. The van der Waals surface area contributed by atoms with E-state index in [0.717, 1.165) is 6.26 Å². The third-order valence-corrected chi connectivity index (χ3v) is 9.37. The van der Waals surface area contributed by atoms with E-state index in [1.54, 1.807) is 18.2 Å². The van der Waals surface area contributed by atoms with Crippen LogP contribution in [0.15, 0.2) is 22.7 Å². The van der Waals surface area contributed by atoms with Gasteiger partial charge in [-0.25, -0.2) is 25.4 Å². The highest BCUT2D eigenvalue weighted by molar-refractivity contribution is 9.10. The van der Waals surface area contributed by atoms with Gasteiger partial charge >= 0.3 is 5.97 Å². The number of carboxylic acids is 1. The van der Waals surface area contributed by atoms with Crippen LogP contribution in [0.25, 0.3) is 0 Å². The van der Waals surface area contributed by atoms with E-state index in [-0.39, 0.29) is 24.9 Å². The molecule has 0 spiro atoms. The molecule has 2 heterocycles. The predicted molar refractivity (Wildman–Crippen MR) is 134 cm³/mol. The van der Waals surface area contributed by atoms with Crippen molar-refractivity contribution in [2.24, 2.45) is 11.8 Å². The van der Waals surface area contributed by atoms with Crippen LogP contribution in [-0.4, -0.2) is 81.1 Å². The summed E-state index contributed by atoms with van der Waals surface area (Å²) in [7, 11) is -6.47. The number of sulfonamides is 2. The summed E-state index contributed by atoms with van der Waals surface area (Å²) >= 11 is 9.20. The molecular weight excluding hydrogens is 574 g/mol. The summed E-state index contributed by atoms with van der Waals surface area (Å²) in [6.07, 6.45) is 4.86. The maximum absolute atomic E-state index is 12.3. The van der Waals surface area contributed by atoms with Crippen LogP contribution in [-0.2, 0) is 29.6 Å². The lowest BCUT2D eigenvalue weighted by Crippen LogP contribution is -2.43. The van der Waals surface area contributed by atoms with Gasteiger partial charge in [0.2, 0.25) is 26.0 Å². The minimum Gasteiger partial charge on any atom is -0.481 e. The molecule has 1 aromatic carbocycles. The van der Waals surface area contributed by atoms with Crippen molar-refractivity contribution in [1.82, 2.24) is 8.61 Å². The molecule has 1 aromatic rings. The van der Waals surface area contributed by atoms with E-state index in [0.29, 0.717) is 54.0 Å². The van der Waals surface area contributed by atoms with Crippen LogP contribution in [0, 0.1) is 11.8 Å². The van der Waals surface area contributed by atoms with E-state index in [2.05, 4.69) is 21.2 Å². The lowest BCUT2D eigenvalue weighted by molar-refractivity contribution is -0.142. The maximum Gasteiger partial charge on any atom is 0.307 e. The van der Waals surface area contributed by atoms with Gasteiger partial charge in [0.15, 0.2) is 0 Å². The van der Waals surface area contributed by atoms with Crippen molar-refractivity contribution in [2.75, 3.05) is 44.0 Å². The number of hydrogen-bond donors (Lipinski definition) is 2. The van der Waals surface area contributed by atoms with Gasteiger partial charge in [-0.3, -0.25) is 9.59 Å². The fourth-order valence-corrected chi connectivity index (χ4v) is 6.04. The van der Waals surface area contributed by atoms with Gasteiger partial charge in [0, 0.05) is 36.3 Å². The number of aliphatic carboxylic acids is 1. The normalized spacial score (nSPS) is 22.4. The smallest absolute Gasteiger partial charge is 0.307 e. The summed E-state index contributed by atoms with van der Waals surface area (Å²) < 4.78 is 48.6. The highest BCUT2D eigenvalue weighted by Gasteiger charge is 2.31. The molecule has 2 atom stereocenters. The van der Waals surface area contributed by atoms with Crippen LogP contribution in [0.3, 0.4) is 0 Å². The highest BCUT2D eigenvalue weighted by Crippen LogP contribution is 2.27. The Bertz CT molecular complexity index is 1120. The Morgan fingerprint density at radius 1 is 1.00 bits per heavy atom. The lowest BCUT2D eigenvalue weighted by Gasteiger charge is -2.30. The van der Waals surface area contributed by atoms with E-state index in [1.165, 1.54) is 14.9 Å².